The molecule has 1 atom stereocenters. The summed E-state index contributed by atoms with van der Waals surface area (Å²) in [7, 11) is -3.38. The fraction of sp³-hybridized carbons (Fsp3) is 0.176. The Morgan fingerprint density at radius 3 is 2.44 bits per heavy atom. The van der Waals surface area contributed by atoms with Gasteiger partial charge in [-0.1, -0.05) is 0 Å². The molecule has 1 heterocycles. The smallest absolute Gasteiger partial charge is 0.331 e. The van der Waals surface area contributed by atoms with E-state index < -0.39 is 22.1 Å². The number of rotatable bonds is 7. The lowest BCUT2D eigenvalue weighted by molar-refractivity contribution is -0.140. The Hall–Kier alpha value is -2.45. The van der Waals surface area contributed by atoms with Gasteiger partial charge in [0.2, 0.25) is 15.8 Å². The number of carbonyl (C=O) groups excluding carboxylic acids is 2. The summed E-state index contributed by atoms with van der Waals surface area (Å²) < 4.78 is 29.7. The molecule has 1 N–H and O–H groups in total. The number of hydrogen-bond donors (Lipinski definition) is 1. The summed E-state index contributed by atoms with van der Waals surface area (Å²) in [6.07, 6.45) is 2.97. The first-order valence-electron chi connectivity index (χ1n) is 7.27. The molecule has 0 aliphatic carbocycles. The molecule has 0 bridgehead atoms. The van der Waals surface area contributed by atoms with Crippen molar-refractivity contribution in [3.05, 3.63) is 58.3 Å². The highest BCUT2D eigenvalue weighted by atomic mass is 32.2. The van der Waals surface area contributed by atoms with Gasteiger partial charge in [0, 0.05) is 17.3 Å². The van der Waals surface area contributed by atoms with Gasteiger partial charge in [0.25, 0.3) is 0 Å². The molecule has 2 aromatic rings. The van der Waals surface area contributed by atoms with Crippen LogP contribution >= 0.6 is 11.3 Å². The van der Waals surface area contributed by atoms with Crippen LogP contribution in [0.15, 0.2) is 47.2 Å². The number of thiophene rings is 1. The molecular formula is C17H17NO5S2. The Labute approximate surface area is 150 Å². The second-order valence-corrected chi connectivity index (χ2v) is 7.81. The van der Waals surface area contributed by atoms with Crippen molar-refractivity contribution >= 4 is 44.9 Å². The SMILES string of the molecule is CC(OC(=O)/C=C/c1ccsc1)C(=O)c1ccc(NS(C)(=O)=O)cc1. The number of sulfonamides is 1. The van der Waals surface area contributed by atoms with Crippen LogP contribution in [0.4, 0.5) is 5.69 Å². The van der Waals surface area contributed by atoms with E-state index >= 15 is 0 Å². The van der Waals surface area contributed by atoms with E-state index in [4.69, 9.17) is 4.74 Å². The number of carbonyl (C=O) groups is 2. The monoisotopic (exact) mass is 379 g/mol. The normalized spacial score (nSPS) is 12.7. The van der Waals surface area contributed by atoms with Crippen LogP contribution in [0, 0.1) is 0 Å². The van der Waals surface area contributed by atoms with Crippen LogP contribution in [0.2, 0.25) is 0 Å². The van der Waals surface area contributed by atoms with Gasteiger partial charge in [0.05, 0.1) is 6.26 Å². The van der Waals surface area contributed by atoms with Gasteiger partial charge in [-0.2, -0.15) is 11.3 Å². The highest BCUT2D eigenvalue weighted by molar-refractivity contribution is 7.92. The number of anilines is 1. The second kappa shape index (κ2) is 8.09. The molecule has 132 valence electrons. The van der Waals surface area contributed by atoms with Gasteiger partial charge in [0.1, 0.15) is 0 Å². The number of Topliss-reactive ketones (excluding diaryl/α,β-unsaturated/α-hetero) is 1. The Balaban J connectivity index is 1.96. The van der Waals surface area contributed by atoms with E-state index in [1.807, 2.05) is 16.8 Å². The maximum atomic E-state index is 12.3. The quantitative estimate of drug-likeness (QED) is 0.454. The molecule has 0 aliphatic rings. The molecule has 6 nitrogen and oxygen atoms in total. The molecule has 0 spiro atoms. The Morgan fingerprint density at radius 2 is 1.88 bits per heavy atom. The number of nitrogens with one attached hydrogen (secondary N) is 1. The van der Waals surface area contributed by atoms with Gasteiger partial charge in [-0.3, -0.25) is 9.52 Å². The number of ether oxygens (including phenoxy) is 1. The minimum atomic E-state index is -3.38. The minimum Gasteiger partial charge on any atom is -0.451 e. The third-order valence-corrected chi connectivity index (χ3v) is 4.40. The molecule has 2 rings (SSSR count). The molecule has 1 unspecified atom stereocenters. The highest BCUT2D eigenvalue weighted by Gasteiger charge is 2.18. The summed E-state index contributed by atoms with van der Waals surface area (Å²) in [4.78, 5) is 24.0. The molecule has 1 aromatic heterocycles. The molecule has 0 amide bonds. The van der Waals surface area contributed by atoms with Crippen molar-refractivity contribution in [1.82, 2.24) is 0 Å². The van der Waals surface area contributed by atoms with Gasteiger partial charge < -0.3 is 4.74 Å². The average molecular weight is 379 g/mol. The van der Waals surface area contributed by atoms with Gasteiger partial charge in [-0.15, -0.1) is 0 Å². The van der Waals surface area contributed by atoms with Crippen molar-refractivity contribution in [2.24, 2.45) is 0 Å². The zero-order valence-corrected chi connectivity index (χ0v) is 15.3. The van der Waals surface area contributed by atoms with Crippen molar-refractivity contribution in [3.8, 4) is 0 Å². The Morgan fingerprint density at radius 1 is 1.20 bits per heavy atom. The lowest BCUT2D eigenvalue weighted by Gasteiger charge is -2.11. The third kappa shape index (κ3) is 6.17. The molecule has 0 aliphatic heterocycles. The minimum absolute atomic E-state index is 0.321. The van der Waals surface area contributed by atoms with E-state index in [1.165, 1.54) is 48.6 Å². The summed E-state index contributed by atoms with van der Waals surface area (Å²) in [6, 6.07) is 7.75. The molecule has 0 saturated heterocycles. The average Bonchev–Trinajstić information content (AvgIpc) is 3.05. The van der Waals surface area contributed by atoms with Crippen LogP contribution in [0.5, 0.6) is 0 Å². The second-order valence-electron chi connectivity index (χ2n) is 5.28. The molecule has 8 heteroatoms. The van der Waals surface area contributed by atoms with Crippen LogP contribution < -0.4 is 4.72 Å². The van der Waals surface area contributed by atoms with Crippen LogP contribution in [0.1, 0.15) is 22.8 Å². The van der Waals surface area contributed by atoms with Crippen LogP contribution in [-0.4, -0.2) is 32.5 Å². The zero-order valence-electron chi connectivity index (χ0n) is 13.6. The first-order chi connectivity index (χ1) is 11.7. The number of hydrogen-bond acceptors (Lipinski definition) is 6. The summed E-state index contributed by atoms with van der Waals surface area (Å²) in [6.45, 7) is 1.49. The van der Waals surface area contributed by atoms with Crippen LogP contribution in [0.25, 0.3) is 6.08 Å². The number of ketones is 1. The van der Waals surface area contributed by atoms with Gasteiger partial charge >= 0.3 is 5.97 Å². The van der Waals surface area contributed by atoms with Gasteiger partial charge in [-0.05, 0) is 59.7 Å². The zero-order chi connectivity index (χ0) is 18.4. The molecule has 0 fully saturated rings. The maximum absolute atomic E-state index is 12.3. The summed E-state index contributed by atoms with van der Waals surface area (Å²) in [5.74, 6) is -0.981. The fourth-order valence-corrected chi connectivity index (χ4v) is 3.15. The van der Waals surface area contributed by atoms with Crippen molar-refractivity contribution in [2.75, 3.05) is 11.0 Å². The predicted molar refractivity (Wildman–Crippen MR) is 98.1 cm³/mol. The van der Waals surface area contributed by atoms with Crippen molar-refractivity contribution in [1.29, 1.82) is 0 Å². The first-order valence-corrected chi connectivity index (χ1v) is 10.1. The number of benzene rings is 1. The summed E-state index contributed by atoms with van der Waals surface area (Å²) in [5.41, 5.74) is 1.55. The first kappa shape index (κ1) is 18.9. The van der Waals surface area contributed by atoms with Gasteiger partial charge in [0.15, 0.2) is 6.10 Å². The van der Waals surface area contributed by atoms with Crippen LogP contribution in [-0.2, 0) is 19.6 Å². The summed E-state index contributed by atoms with van der Waals surface area (Å²) in [5, 5.41) is 3.77. The van der Waals surface area contributed by atoms with Gasteiger partial charge in [-0.25, -0.2) is 13.2 Å². The lowest BCUT2D eigenvalue weighted by atomic mass is 10.1. The topological polar surface area (TPSA) is 89.5 Å². The largest absolute Gasteiger partial charge is 0.451 e. The van der Waals surface area contributed by atoms with Crippen molar-refractivity contribution < 1.29 is 22.7 Å². The van der Waals surface area contributed by atoms with E-state index in [0.717, 1.165) is 11.8 Å². The van der Waals surface area contributed by atoms with E-state index in [1.54, 1.807) is 6.08 Å². The lowest BCUT2D eigenvalue weighted by Crippen LogP contribution is -2.23. The van der Waals surface area contributed by atoms with E-state index in [-0.39, 0.29) is 5.78 Å². The maximum Gasteiger partial charge on any atom is 0.331 e. The fourth-order valence-electron chi connectivity index (χ4n) is 1.95. The molecule has 0 radical (unpaired) electrons. The highest BCUT2D eigenvalue weighted by Crippen LogP contribution is 2.14. The predicted octanol–water partition coefficient (Wildman–Crippen LogP) is 2.95. The Bertz CT molecular complexity index is 868. The number of esters is 1. The molecule has 1 aromatic carbocycles. The van der Waals surface area contributed by atoms with E-state index in [9.17, 15) is 18.0 Å². The molecule has 25 heavy (non-hydrogen) atoms. The molecular weight excluding hydrogens is 362 g/mol. The van der Waals surface area contributed by atoms with Crippen molar-refractivity contribution in [3.63, 3.8) is 0 Å². The van der Waals surface area contributed by atoms with E-state index in [2.05, 4.69) is 4.72 Å². The molecule has 0 saturated carbocycles. The third-order valence-electron chi connectivity index (χ3n) is 3.09. The standard InChI is InChI=1S/C17H17NO5S2/c1-12(23-16(19)8-3-13-9-10-24-11-13)17(20)14-4-6-15(7-5-14)18-25(2,21)22/h3-12,18H,1-2H3/b8-3+. The Kier molecular flexibility index (Phi) is 6.11. The van der Waals surface area contributed by atoms with Crippen molar-refractivity contribution in [2.45, 2.75) is 13.0 Å². The van der Waals surface area contributed by atoms with E-state index in [0.29, 0.717) is 11.3 Å². The summed E-state index contributed by atoms with van der Waals surface area (Å²) >= 11 is 1.51. The van der Waals surface area contributed by atoms with Crippen LogP contribution in [0.3, 0.4) is 0 Å².